The van der Waals surface area contributed by atoms with Crippen LogP contribution in [0.1, 0.15) is 98.8 Å². The molecule has 24 heavy (non-hydrogen) atoms. The normalized spacial score (nSPS) is 54.2. The van der Waals surface area contributed by atoms with Crippen LogP contribution in [-0.2, 0) is 0 Å². The van der Waals surface area contributed by atoms with Crippen molar-refractivity contribution in [1.29, 1.82) is 0 Å². The fourth-order valence-electron chi connectivity index (χ4n) is 8.64. The van der Waals surface area contributed by atoms with Crippen molar-refractivity contribution in [2.24, 2.45) is 52.3 Å². The minimum absolute atomic E-state index is 0.674. The lowest BCUT2D eigenvalue weighted by atomic mass is 9.47. The quantitative estimate of drug-likeness (QED) is 0.497. The van der Waals surface area contributed by atoms with E-state index in [0.717, 1.165) is 41.4 Å². The summed E-state index contributed by atoms with van der Waals surface area (Å²) in [6, 6.07) is 0. The van der Waals surface area contributed by atoms with Gasteiger partial charge in [-0.25, -0.2) is 0 Å². The lowest BCUT2D eigenvalue weighted by Crippen LogP contribution is -2.49. The monoisotopic (exact) mass is 330 g/mol. The van der Waals surface area contributed by atoms with Crippen LogP contribution in [0.25, 0.3) is 0 Å². The molecule has 4 unspecified atom stereocenters. The van der Waals surface area contributed by atoms with Gasteiger partial charge in [-0.1, -0.05) is 41.0 Å². The first-order chi connectivity index (χ1) is 11.4. The smallest absolute Gasteiger partial charge is 0.0264 e. The molecule has 4 aliphatic carbocycles. The summed E-state index contributed by atoms with van der Waals surface area (Å²) in [6.45, 7) is 12.7. The molecule has 4 aliphatic rings. The summed E-state index contributed by atoms with van der Waals surface area (Å²) in [4.78, 5) is 0. The number of fused-ring (bicyclic) bond motifs is 5. The van der Waals surface area contributed by atoms with E-state index in [-0.39, 0.29) is 0 Å². The van der Waals surface area contributed by atoms with Crippen molar-refractivity contribution in [2.45, 2.75) is 98.8 Å². The van der Waals surface area contributed by atoms with E-state index in [0.29, 0.717) is 10.8 Å². The summed E-state index contributed by atoms with van der Waals surface area (Å²) < 4.78 is 0. The van der Waals surface area contributed by atoms with E-state index in [2.05, 4.69) is 34.6 Å². The molecule has 4 saturated carbocycles. The Morgan fingerprint density at radius 2 is 1.58 bits per heavy atom. The van der Waals surface area contributed by atoms with Gasteiger partial charge in [0.05, 0.1) is 0 Å². The highest BCUT2D eigenvalue weighted by atomic mass is 14.6. The fourth-order valence-corrected chi connectivity index (χ4v) is 8.64. The highest BCUT2D eigenvalue weighted by molar-refractivity contribution is 5.07. The highest BCUT2D eigenvalue weighted by Gasteiger charge is 2.57. The van der Waals surface area contributed by atoms with Gasteiger partial charge in [-0.3, -0.25) is 0 Å². The summed E-state index contributed by atoms with van der Waals surface area (Å²) in [7, 11) is 0. The van der Waals surface area contributed by atoms with Crippen molar-refractivity contribution in [3.05, 3.63) is 0 Å². The van der Waals surface area contributed by atoms with Gasteiger partial charge in [0.2, 0.25) is 0 Å². The van der Waals surface area contributed by atoms with Crippen LogP contribution in [0.15, 0.2) is 0 Å². The van der Waals surface area contributed by atoms with E-state index >= 15 is 0 Å². The number of hydrogen-bond donors (Lipinski definition) is 0. The zero-order valence-corrected chi connectivity index (χ0v) is 17.1. The first-order valence-corrected chi connectivity index (χ1v) is 11.4. The number of hydrogen-bond acceptors (Lipinski definition) is 0. The van der Waals surface area contributed by atoms with Crippen LogP contribution in [0.2, 0.25) is 0 Å². The predicted octanol–water partition coefficient (Wildman–Crippen LogP) is 7.33. The largest absolute Gasteiger partial charge is 0.0649 e. The van der Waals surface area contributed by atoms with Crippen LogP contribution in [0.3, 0.4) is 0 Å². The molecular weight excluding hydrogens is 288 g/mol. The van der Waals surface area contributed by atoms with Crippen LogP contribution in [0.4, 0.5) is 0 Å². The molecule has 0 aromatic carbocycles. The van der Waals surface area contributed by atoms with Crippen molar-refractivity contribution in [1.82, 2.24) is 0 Å². The van der Waals surface area contributed by atoms with Gasteiger partial charge in [-0.05, 0) is 110 Å². The third-order valence-corrected chi connectivity index (χ3v) is 10.1. The summed E-state index contributed by atoms with van der Waals surface area (Å²) in [5, 5.41) is 0. The first-order valence-electron chi connectivity index (χ1n) is 11.4. The Labute approximate surface area is 151 Å². The van der Waals surface area contributed by atoms with E-state index in [9.17, 15) is 0 Å². The van der Waals surface area contributed by atoms with Crippen LogP contribution in [-0.4, -0.2) is 0 Å². The van der Waals surface area contributed by atoms with Crippen LogP contribution in [0.5, 0.6) is 0 Å². The maximum absolute atomic E-state index is 2.70. The third-order valence-electron chi connectivity index (χ3n) is 10.1. The van der Waals surface area contributed by atoms with E-state index < -0.39 is 0 Å². The molecule has 0 saturated heterocycles. The minimum Gasteiger partial charge on any atom is -0.0649 e. The Kier molecular flexibility index (Phi) is 4.37. The summed E-state index contributed by atoms with van der Waals surface area (Å²) >= 11 is 0. The second-order valence-corrected chi connectivity index (χ2v) is 11.3. The lowest BCUT2D eigenvalue weighted by molar-refractivity contribution is -0.0822. The second-order valence-electron chi connectivity index (χ2n) is 11.3. The van der Waals surface area contributed by atoms with Crippen LogP contribution in [0, 0.1) is 52.3 Å². The van der Waals surface area contributed by atoms with Gasteiger partial charge < -0.3 is 0 Å². The topological polar surface area (TPSA) is 0 Å². The molecule has 0 aromatic rings. The SMILES string of the molecule is CC[C@@]1(C)CCC2C(CCC3[C@@H]2CC[C@]2(C)C(C(C)C)CC[C@@H]32)C1. The van der Waals surface area contributed by atoms with Gasteiger partial charge in [-0.2, -0.15) is 0 Å². The van der Waals surface area contributed by atoms with Crippen LogP contribution >= 0.6 is 0 Å². The molecule has 0 amide bonds. The van der Waals surface area contributed by atoms with Crippen molar-refractivity contribution >= 4 is 0 Å². The molecule has 138 valence electrons. The van der Waals surface area contributed by atoms with Gasteiger partial charge in [0, 0.05) is 0 Å². The average molecular weight is 331 g/mol. The summed E-state index contributed by atoms with van der Waals surface area (Å²) in [6.07, 6.45) is 15.4. The molecule has 4 fully saturated rings. The molecule has 8 atom stereocenters. The van der Waals surface area contributed by atoms with Crippen LogP contribution < -0.4 is 0 Å². The van der Waals surface area contributed by atoms with E-state index in [4.69, 9.17) is 0 Å². The molecule has 4 rings (SSSR count). The van der Waals surface area contributed by atoms with E-state index in [1.54, 1.807) is 44.9 Å². The zero-order valence-electron chi connectivity index (χ0n) is 17.1. The fraction of sp³-hybridized carbons (Fsp3) is 1.00. The Hall–Kier alpha value is 0. The van der Waals surface area contributed by atoms with Gasteiger partial charge in [-0.15, -0.1) is 0 Å². The maximum Gasteiger partial charge on any atom is -0.0264 e. The summed E-state index contributed by atoms with van der Waals surface area (Å²) in [5.41, 5.74) is 1.36. The Morgan fingerprint density at radius 1 is 0.833 bits per heavy atom. The van der Waals surface area contributed by atoms with Crippen molar-refractivity contribution < 1.29 is 0 Å². The van der Waals surface area contributed by atoms with Crippen molar-refractivity contribution in [2.75, 3.05) is 0 Å². The molecule has 0 bridgehead atoms. The molecule has 0 aliphatic heterocycles. The minimum atomic E-state index is 0.674. The molecule has 0 heterocycles. The van der Waals surface area contributed by atoms with Gasteiger partial charge in [0.25, 0.3) is 0 Å². The average Bonchev–Trinajstić information content (AvgIpc) is 2.91. The highest BCUT2D eigenvalue weighted by Crippen LogP contribution is 2.66. The van der Waals surface area contributed by atoms with Crippen molar-refractivity contribution in [3.8, 4) is 0 Å². The molecule has 0 nitrogen and oxygen atoms in total. The summed E-state index contributed by atoms with van der Waals surface area (Å²) in [5.74, 6) is 7.37. The second kappa shape index (κ2) is 6.02. The predicted molar refractivity (Wildman–Crippen MR) is 104 cm³/mol. The molecular formula is C24H42. The van der Waals surface area contributed by atoms with Crippen molar-refractivity contribution in [3.63, 3.8) is 0 Å². The number of rotatable bonds is 2. The van der Waals surface area contributed by atoms with Gasteiger partial charge in [0.15, 0.2) is 0 Å². The first kappa shape index (κ1) is 17.4. The maximum atomic E-state index is 2.70. The molecule has 0 spiro atoms. The third kappa shape index (κ3) is 2.52. The van der Waals surface area contributed by atoms with E-state index in [1.807, 2.05) is 0 Å². The lowest BCUT2D eigenvalue weighted by Gasteiger charge is -2.58. The van der Waals surface area contributed by atoms with E-state index in [1.165, 1.54) is 19.3 Å². The molecule has 0 aromatic heterocycles. The molecule has 0 N–H and O–H groups in total. The Bertz CT molecular complexity index is 465. The Balaban J connectivity index is 1.53. The zero-order chi connectivity index (χ0) is 17.1. The van der Waals surface area contributed by atoms with Gasteiger partial charge >= 0.3 is 0 Å². The molecule has 0 radical (unpaired) electrons. The Morgan fingerprint density at radius 3 is 2.29 bits per heavy atom. The van der Waals surface area contributed by atoms with Gasteiger partial charge in [0.1, 0.15) is 0 Å². The molecule has 0 heteroatoms. The standard InChI is InChI=1S/C24H42/c1-6-23(4)13-11-18-17(15-23)7-8-20-19(18)12-14-24(5)21(16(2)3)9-10-22(20)24/h16-22H,6-15H2,1-5H3/t17?,18?,19-,20?,21?,22+,23+,24-/m1/s1.